The van der Waals surface area contributed by atoms with Gasteiger partial charge >= 0.3 is 6.18 Å². The van der Waals surface area contributed by atoms with Gasteiger partial charge in [0.05, 0.1) is 0 Å². The van der Waals surface area contributed by atoms with E-state index >= 15 is 0 Å². The third-order valence-corrected chi connectivity index (χ3v) is 6.16. The topological polar surface area (TPSA) is 25.8 Å². The van der Waals surface area contributed by atoms with Crippen LogP contribution in [0.1, 0.15) is 49.7 Å². The van der Waals surface area contributed by atoms with Crippen LogP contribution in [0.5, 0.6) is 0 Å². The molecule has 0 radical (unpaired) electrons. The molecule has 1 aliphatic rings. The molecule has 0 saturated heterocycles. The molecule has 172 valence electrons. The Morgan fingerprint density at radius 1 is 0.818 bits per heavy atom. The molecule has 7 heteroatoms. The molecule has 0 spiro atoms. The highest BCUT2D eigenvalue weighted by molar-refractivity contribution is 5.65. The summed E-state index contributed by atoms with van der Waals surface area (Å²) in [4.78, 5) is 8.40. The number of halogens is 5. The van der Waals surface area contributed by atoms with Gasteiger partial charge in [-0.15, -0.1) is 0 Å². The minimum atomic E-state index is -4.66. The molecule has 0 bridgehead atoms. The summed E-state index contributed by atoms with van der Waals surface area (Å²) in [5.41, 5.74) is 2.30. The summed E-state index contributed by atoms with van der Waals surface area (Å²) >= 11 is 0. The van der Waals surface area contributed by atoms with Gasteiger partial charge in [-0.2, -0.15) is 13.2 Å². The normalized spacial score (nSPS) is 19.2. The van der Waals surface area contributed by atoms with Crippen LogP contribution < -0.4 is 0 Å². The summed E-state index contributed by atoms with van der Waals surface area (Å²) in [5, 5.41) is 0. The van der Waals surface area contributed by atoms with Crippen molar-refractivity contribution in [3.05, 3.63) is 77.6 Å². The second kappa shape index (κ2) is 9.41. The van der Waals surface area contributed by atoms with E-state index in [4.69, 9.17) is 0 Å². The zero-order valence-corrected chi connectivity index (χ0v) is 18.0. The van der Waals surface area contributed by atoms with Crippen LogP contribution in [-0.4, -0.2) is 16.1 Å². The van der Waals surface area contributed by atoms with Crippen LogP contribution in [0.3, 0.4) is 0 Å². The van der Waals surface area contributed by atoms with E-state index in [0.29, 0.717) is 12.0 Å². The molecule has 1 aliphatic carbocycles. The highest BCUT2D eigenvalue weighted by atomic mass is 19.4. The van der Waals surface area contributed by atoms with Crippen LogP contribution in [0.2, 0.25) is 0 Å². The van der Waals surface area contributed by atoms with E-state index in [1.165, 1.54) is 31.2 Å². The van der Waals surface area contributed by atoms with Gasteiger partial charge in [0, 0.05) is 35.2 Å². The zero-order chi connectivity index (χ0) is 23.6. The lowest BCUT2D eigenvalue weighted by molar-refractivity contribution is -0.0790. The molecular formula is C26H23F5N2. The van der Waals surface area contributed by atoms with Crippen LogP contribution in [0.4, 0.5) is 22.0 Å². The second-order valence-electron chi connectivity index (χ2n) is 8.60. The Morgan fingerprint density at radius 2 is 1.39 bits per heavy atom. The van der Waals surface area contributed by atoms with Gasteiger partial charge in [0.2, 0.25) is 0 Å². The second-order valence-corrected chi connectivity index (χ2v) is 8.60. The molecule has 1 heterocycles. The van der Waals surface area contributed by atoms with E-state index in [1.807, 2.05) is 12.1 Å². The fourth-order valence-corrected chi connectivity index (χ4v) is 4.22. The van der Waals surface area contributed by atoms with Crippen molar-refractivity contribution in [2.24, 2.45) is 5.92 Å². The summed E-state index contributed by atoms with van der Waals surface area (Å²) < 4.78 is 65.3. The maximum absolute atomic E-state index is 14.2. The Kier molecular flexibility index (Phi) is 6.58. The Labute approximate surface area is 189 Å². The number of nitrogens with zero attached hydrogens (tertiary/aromatic N) is 2. The average molecular weight is 458 g/mol. The quantitative estimate of drug-likeness (QED) is 0.371. The van der Waals surface area contributed by atoms with E-state index in [0.717, 1.165) is 29.2 Å². The van der Waals surface area contributed by atoms with Gasteiger partial charge in [-0.3, -0.25) is 0 Å². The Balaban J connectivity index is 1.51. The first-order chi connectivity index (χ1) is 15.7. The van der Waals surface area contributed by atoms with Gasteiger partial charge in [0.1, 0.15) is 11.6 Å². The fourth-order valence-electron chi connectivity index (χ4n) is 4.22. The molecule has 4 rings (SSSR count). The number of aromatic nitrogens is 2. The van der Waals surface area contributed by atoms with Crippen LogP contribution in [0.25, 0.3) is 28.6 Å². The predicted octanol–water partition coefficient (Wildman–Crippen LogP) is 7.96. The summed E-state index contributed by atoms with van der Waals surface area (Å²) in [6, 6.07) is 10.1. The summed E-state index contributed by atoms with van der Waals surface area (Å²) in [6.07, 6.45) is 3.54. The molecule has 2 nitrogen and oxygen atoms in total. The Morgan fingerprint density at radius 3 is 1.94 bits per heavy atom. The number of rotatable bonds is 4. The lowest BCUT2D eigenvalue weighted by Gasteiger charge is -2.26. The smallest absolute Gasteiger partial charge is 0.236 e. The van der Waals surface area contributed by atoms with Crippen molar-refractivity contribution in [1.29, 1.82) is 0 Å². The van der Waals surface area contributed by atoms with Gasteiger partial charge in [0.15, 0.2) is 5.82 Å². The van der Waals surface area contributed by atoms with Crippen molar-refractivity contribution in [3.63, 3.8) is 0 Å². The van der Waals surface area contributed by atoms with Crippen molar-refractivity contribution in [2.75, 3.05) is 0 Å². The first-order valence-electron chi connectivity index (χ1n) is 10.9. The molecule has 3 aromatic rings. The van der Waals surface area contributed by atoms with Crippen LogP contribution in [-0.2, 0) is 0 Å². The van der Waals surface area contributed by atoms with Gasteiger partial charge in [0.25, 0.3) is 0 Å². The van der Waals surface area contributed by atoms with Crippen molar-refractivity contribution in [3.8, 4) is 22.5 Å². The summed E-state index contributed by atoms with van der Waals surface area (Å²) in [5.74, 6) is -0.772. The fraction of sp³-hybridized carbons (Fsp3) is 0.308. The molecule has 1 saturated carbocycles. The first-order valence-corrected chi connectivity index (χ1v) is 10.9. The molecule has 1 aromatic heterocycles. The number of benzene rings is 2. The molecule has 0 unspecified atom stereocenters. The maximum Gasteiger partial charge on any atom is 0.409 e. The van der Waals surface area contributed by atoms with E-state index in [9.17, 15) is 22.0 Å². The molecule has 0 amide bonds. The molecule has 0 aliphatic heterocycles. The molecule has 0 N–H and O–H groups in total. The van der Waals surface area contributed by atoms with E-state index < -0.39 is 23.4 Å². The van der Waals surface area contributed by atoms with E-state index in [1.54, 1.807) is 12.4 Å². The number of hydrogen-bond acceptors (Lipinski definition) is 2. The van der Waals surface area contributed by atoms with Crippen molar-refractivity contribution in [1.82, 2.24) is 9.97 Å². The minimum absolute atomic E-state index is 0.0441. The predicted molar refractivity (Wildman–Crippen MR) is 118 cm³/mol. The third kappa shape index (κ3) is 5.64. The number of hydrogen-bond donors (Lipinski definition) is 0. The van der Waals surface area contributed by atoms with Crippen LogP contribution >= 0.6 is 0 Å². The van der Waals surface area contributed by atoms with Gasteiger partial charge in [-0.1, -0.05) is 44.0 Å². The standard InChI is InChI=1S/C26H23F5N2/c1-16-2-4-17(5-3-16)18-6-8-19(9-7-18)21-14-32-25(33-15-21)20-12-23(27)22(24(28)13-20)10-11-26(29,30)31/h6-17H,2-5H2,1H3/b11-10+. The highest BCUT2D eigenvalue weighted by Gasteiger charge is 2.23. The van der Waals surface area contributed by atoms with Crippen molar-refractivity contribution < 1.29 is 22.0 Å². The minimum Gasteiger partial charge on any atom is -0.236 e. The first kappa shape index (κ1) is 23.1. The van der Waals surface area contributed by atoms with Gasteiger partial charge in [-0.25, -0.2) is 18.7 Å². The van der Waals surface area contributed by atoms with E-state index in [-0.39, 0.29) is 17.5 Å². The van der Waals surface area contributed by atoms with Crippen molar-refractivity contribution in [2.45, 2.75) is 44.7 Å². The SMILES string of the molecule is CC1CCC(c2ccc(-c3cnc(-c4cc(F)c(/C=C/C(F)(F)F)c(F)c4)nc3)cc2)CC1. The molecule has 33 heavy (non-hydrogen) atoms. The molecular weight excluding hydrogens is 435 g/mol. The maximum atomic E-state index is 14.2. The Bertz CT molecular complexity index is 1100. The van der Waals surface area contributed by atoms with Gasteiger partial charge < -0.3 is 0 Å². The zero-order valence-electron chi connectivity index (χ0n) is 18.0. The largest absolute Gasteiger partial charge is 0.409 e. The van der Waals surface area contributed by atoms with Crippen LogP contribution in [0, 0.1) is 17.6 Å². The lowest BCUT2D eigenvalue weighted by atomic mass is 9.79. The monoisotopic (exact) mass is 458 g/mol. The summed E-state index contributed by atoms with van der Waals surface area (Å²) in [7, 11) is 0. The highest BCUT2D eigenvalue weighted by Crippen LogP contribution is 2.36. The molecule has 1 fully saturated rings. The number of alkyl halides is 3. The van der Waals surface area contributed by atoms with Crippen LogP contribution in [0.15, 0.2) is 54.9 Å². The van der Waals surface area contributed by atoms with Gasteiger partial charge in [-0.05, 0) is 54.0 Å². The van der Waals surface area contributed by atoms with Crippen molar-refractivity contribution >= 4 is 6.08 Å². The average Bonchev–Trinajstić information content (AvgIpc) is 2.78. The Hall–Kier alpha value is -3.09. The number of allylic oxidation sites excluding steroid dienone is 1. The molecule has 0 atom stereocenters. The lowest BCUT2D eigenvalue weighted by Crippen LogP contribution is -2.10. The molecule has 2 aromatic carbocycles. The third-order valence-electron chi connectivity index (χ3n) is 6.16. The summed E-state index contributed by atoms with van der Waals surface area (Å²) in [6.45, 7) is 2.30. The van der Waals surface area contributed by atoms with E-state index in [2.05, 4.69) is 29.0 Å².